The van der Waals surface area contributed by atoms with E-state index >= 15 is 0 Å². The first kappa shape index (κ1) is 14.4. The normalized spacial score (nSPS) is 20.2. The largest absolute Gasteiger partial charge is 0.323 e. The Bertz CT molecular complexity index is 382. The third-order valence-electron chi connectivity index (χ3n) is 3.70. The molecule has 106 valence electrons. The van der Waals surface area contributed by atoms with Gasteiger partial charge in [-0.15, -0.1) is 0 Å². The minimum Gasteiger partial charge on any atom is -0.323 e. The first-order valence-electron chi connectivity index (χ1n) is 6.93. The molecule has 0 radical (unpaired) electrons. The highest BCUT2D eigenvalue weighted by atomic mass is 19.1. The van der Waals surface area contributed by atoms with Crippen LogP contribution in [0.5, 0.6) is 0 Å². The highest BCUT2D eigenvalue weighted by Crippen LogP contribution is 2.13. The van der Waals surface area contributed by atoms with Crippen LogP contribution in [0.2, 0.25) is 0 Å². The molecule has 5 heteroatoms. The molecule has 1 unspecified atom stereocenters. The number of hydrogen-bond donors (Lipinski definition) is 1. The fourth-order valence-electron chi connectivity index (χ4n) is 2.40. The lowest BCUT2D eigenvalue weighted by Gasteiger charge is -2.21. The SMILES string of the molecule is CN1CCCN(CCC(N)c2ccc(F)cn2)CC1. The van der Waals surface area contributed by atoms with Crippen molar-refractivity contribution >= 4 is 0 Å². The highest BCUT2D eigenvalue weighted by molar-refractivity contribution is 5.09. The summed E-state index contributed by atoms with van der Waals surface area (Å²) in [7, 11) is 2.16. The number of nitrogens with two attached hydrogens (primary N) is 1. The van der Waals surface area contributed by atoms with Crippen molar-refractivity contribution in [2.75, 3.05) is 39.8 Å². The van der Waals surface area contributed by atoms with Crippen molar-refractivity contribution < 1.29 is 4.39 Å². The second-order valence-corrected chi connectivity index (χ2v) is 5.29. The van der Waals surface area contributed by atoms with E-state index in [1.807, 2.05) is 0 Å². The Labute approximate surface area is 114 Å². The Morgan fingerprint density at radius 2 is 2.16 bits per heavy atom. The minimum absolute atomic E-state index is 0.110. The van der Waals surface area contributed by atoms with Gasteiger partial charge < -0.3 is 15.5 Å². The molecule has 2 heterocycles. The Balaban J connectivity index is 1.79. The van der Waals surface area contributed by atoms with Crippen LogP contribution in [0, 0.1) is 5.82 Å². The van der Waals surface area contributed by atoms with Gasteiger partial charge in [-0.3, -0.25) is 4.98 Å². The Kier molecular flexibility index (Phi) is 5.24. The molecule has 0 spiro atoms. The number of pyridine rings is 1. The van der Waals surface area contributed by atoms with Crippen molar-refractivity contribution in [1.29, 1.82) is 0 Å². The van der Waals surface area contributed by atoms with Gasteiger partial charge in [0.15, 0.2) is 0 Å². The lowest BCUT2D eigenvalue weighted by Crippen LogP contribution is -2.31. The van der Waals surface area contributed by atoms with Crippen LogP contribution in [0.25, 0.3) is 0 Å². The minimum atomic E-state index is -0.313. The van der Waals surface area contributed by atoms with Crippen LogP contribution in [-0.2, 0) is 0 Å². The van der Waals surface area contributed by atoms with Gasteiger partial charge in [-0.2, -0.15) is 0 Å². The first-order valence-corrected chi connectivity index (χ1v) is 6.93. The van der Waals surface area contributed by atoms with Gasteiger partial charge in [0.1, 0.15) is 5.82 Å². The van der Waals surface area contributed by atoms with Crippen molar-refractivity contribution in [3.63, 3.8) is 0 Å². The number of hydrogen-bond acceptors (Lipinski definition) is 4. The molecular weight excluding hydrogens is 243 g/mol. The maximum absolute atomic E-state index is 12.8. The van der Waals surface area contributed by atoms with E-state index in [4.69, 9.17) is 5.73 Å². The van der Waals surface area contributed by atoms with Gasteiger partial charge >= 0.3 is 0 Å². The molecule has 4 nitrogen and oxygen atoms in total. The lowest BCUT2D eigenvalue weighted by molar-refractivity contribution is 0.266. The fourth-order valence-corrected chi connectivity index (χ4v) is 2.40. The average Bonchev–Trinajstić information content (AvgIpc) is 2.61. The lowest BCUT2D eigenvalue weighted by atomic mass is 10.1. The van der Waals surface area contributed by atoms with Crippen LogP contribution < -0.4 is 5.73 Å². The summed E-state index contributed by atoms with van der Waals surface area (Å²) in [5.74, 6) is -0.313. The Hall–Kier alpha value is -1.04. The molecule has 0 saturated carbocycles. The summed E-state index contributed by atoms with van der Waals surface area (Å²) in [6.45, 7) is 5.49. The summed E-state index contributed by atoms with van der Waals surface area (Å²) in [5.41, 5.74) is 6.88. The molecule has 2 N–H and O–H groups in total. The predicted molar refractivity (Wildman–Crippen MR) is 74.3 cm³/mol. The second kappa shape index (κ2) is 6.93. The zero-order chi connectivity index (χ0) is 13.7. The van der Waals surface area contributed by atoms with Crippen LogP contribution in [0.15, 0.2) is 18.3 Å². The van der Waals surface area contributed by atoms with Crippen LogP contribution in [-0.4, -0.2) is 54.6 Å². The number of likely N-dealkylation sites (N-methyl/N-ethyl adjacent to an activating group) is 1. The standard InChI is InChI=1S/C14H23FN4/c1-18-6-2-7-19(10-9-18)8-5-13(16)14-4-3-12(15)11-17-14/h3-4,11,13H,2,5-10,16H2,1H3. The Morgan fingerprint density at radius 3 is 2.89 bits per heavy atom. The smallest absolute Gasteiger partial charge is 0.141 e. The van der Waals surface area contributed by atoms with Gasteiger partial charge in [0.25, 0.3) is 0 Å². The highest BCUT2D eigenvalue weighted by Gasteiger charge is 2.14. The quantitative estimate of drug-likeness (QED) is 0.891. The maximum atomic E-state index is 12.8. The summed E-state index contributed by atoms with van der Waals surface area (Å²) in [5, 5.41) is 0. The van der Waals surface area contributed by atoms with E-state index in [9.17, 15) is 4.39 Å². The zero-order valence-corrected chi connectivity index (χ0v) is 11.6. The molecule has 1 aliphatic rings. The van der Waals surface area contributed by atoms with Gasteiger partial charge in [0.05, 0.1) is 11.9 Å². The summed E-state index contributed by atoms with van der Waals surface area (Å²) >= 11 is 0. The summed E-state index contributed by atoms with van der Waals surface area (Å²) in [4.78, 5) is 8.86. The van der Waals surface area contributed by atoms with E-state index in [0.29, 0.717) is 0 Å². The van der Waals surface area contributed by atoms with E-state index in [0.717, 1.165) is 38.3 Å². The van der Waals surface area contributed by atoms with Crippen LogP contribution in [0.3, 0.4) is 0 Å². The average molecular weight is 266 g/mol. The van der Waals surface area contributed by atoms with Crippen molar-refractivity contribution in [2.45, 2.75) is 18.9 Å². The molecular formula is C14H23FN4. The topological polar surface area (TPSA) is 45.4 Å². The molecule has 1 atom stereocenters. The van der Waals surface area contributed by atoms with Crippen LogP contribution in [0.1, 0.15) is 24.6 Å². The van der Waals surface area contributed by atoms with E-state index in [1.54, 1.807) is 6.07 Å². The first-order chi connectivity index (χ1) is 9.15. The fraction of sp³-hybridized carbons (Fsp3) is 0.643. The number of rotatable bonds is 4. The third kappa shape index (κ3) is 4.53. The predicted octanol–water partition coefficient (Wildman–Crippen LogP) is 1.25. The number of aromatic nitrogens is 1. The molecule has 0 amide bonds. The molecule has 1 fully saturated rings. The molecule has 19 heavy (non-hydrogen) atoms. The van der Waals surface area contributed by atoms with Gasteiger partial charge in [-0.05, 0) is 45.1 Å². The molecule has 1 aliphatic heterocycles. The summed E-state index contributed by atoms with van der Waals surface area (Å²) in [6.07, 6.45) is 3.30. The zero-order valence-electron chi connectivity index (χ0n) is 11.6. The Morgan fingerprint density at radius 1 is 1.32 bits per heavy atom. The monoisotopic (exact) mass is 266 g/mol. The summed E-state index contributed by atoms with van der Waals surface area (Å²) < 4.78 is 12.8. The second-order valence-electron chi connectivity index (χ2n) is 5.29. The van der Waals surface area contributed by atoms with E-state index < -0.39 is 0 Å². The molecule has 0 aliphatic carbocycles. The van der Waals surface area contributed by atoms with Gasteiger partial charge in [0.2, 0.25) is 0 Å². The molecule has 2 rings (SSSR count). The third-order valence-corrected chi connectivity index (χ3v) is 3.70. The number of halogens is 1. The van der Waals surface area contributed by atoms with Crippen molar-refractivity contribution in [1.82, 2.24) is 14.8 Å². The molecule has 1 aromatic rings. The molecule has 0 bridgehead atoms. The van der Waals surface area contributed by atoms with Gasteiger partial charge in [-0.25, -0.2) is 4.39 Å². The van der Waals surface area contributed by atoms with Crippen molar-refractivity contribution in [3.8, 4) is 0 Å². The van der Waals surface area contributed by atoms with E-state index in [1.165, 1.54) is 25.2 Å². The van der Waals surface area contributed by atoms with E-state index in [-0.39, 0.29) is 11.9 Å². The molecule has 1 aromatic heterocycles. The maximum Gasteiger partial charge on any atom is 0.141 e. The van der Waals surface area contributed by atoms with E-state index in [2.05, 4.69) is 21.8 Å². The van der Waals surface area contributed by atoms with Crippen LogP contribution >= 0.6 is 0 Å². The van der Waals surface area contributed by atoms with Crippen molar-refractivity contribution in [2.24, 2.45) is 5.73 Å². The summed E-state index contributed by atoms with van der Waals surface area (Å²) in [6, 6.07) is 2.99. The van der Waals surface area contributed by atoms with Crippen molar-refractivity contribution in [3.05, 3.63) is 29.8 Å². The number of nitrogens with zero attached hydrogens (tertiary/aromatic N) is 3. The van der Waals surface area contributed by atoms with Crippen LogP contribution in [0.4, 0.5) is 4.39 Å². The molecule has 1 saturated heterocycles. The van der Waals surface area contributed by atoms with Gasteiger partial charge in [-0.1, -0.05) is 0 Å². The molecule has 0 aromatic carbocycles. The van der Waals surface area contributed by atoms with Gasteiger partial charge in [0, 0.05) is 25.7 Å².